The van der Waals surface area contributed by atoms with Gasteiger partial charge in [-0.1, -0.05) is 31.2 Å². The van der Waals surface area contributed by atoms with E-state index in [0.717, 1.165) is 25.7 Å². The molecule has 18 heavy (non-hydrogen) atoms. The Labute approximate surface area is 108 Å². The van der Waals surface area contributed by atoms with Crippen LogP contribution in [0.15, 0.2) is 24.3 Å². The molecule has 1 fully saturated rings. The molecule has 3 rings (SSSR count). The first kappa shape index (κ1) is 11.8. The van der Waals surface area contributed by atoms with Crippen molar-refractivity contribution in [3.63, 3.8) is 0 Å². The summed E-state index contributed by atoms with van der Waals surface area (Å²) in [6.07, 6.45) is 4.50. The zero-order valence-corrected chi connectivity index (χ0v) is 11.1. The molecule has 0 aromatic heterocycles. The van der Waals surface area contributed by atoms with E-state index in [2.05, 4.69) is 31.2 Å². The highest BCUT2D eigenvalue weighted by Crippen LogP contribution is 2.56. The minimum atomic E-state index is -0.138. The lowest BCUT2D eigenvalue weighted by Crippen LogP contribution is -2.37. The summed E-state index contributed by atoms with van der Waals surface area (Å²) < 4.78 is 5.56. The number of hydrogen-bond donors (Lipinski definition) is 0. The lowest BCUT2D eigenvalue weighted by atomic mass is 9.66. The summed E-state index contributed by atoms with van der Waals surface area (Å²) in [6, 6.07) is 8.76. The van der Waals surface area contributed by atoms with Crippen LogP contribution < -0.4 is 0 Å². The van der Waals surface area contributed by atoms with Crippen molar-refractivity contribution in [3.8, 4) is 0 Å². The molecule has 3 atom stereocenters. The van der Waals surface area contributed by atoms with E-state index in [1.807, 2.05) is 0 Å². The molecular weight excluding hydrogens is 224 g/mol. The second-order valence-electron chi connectivity index (χ2n) is 5.93. The third-order valence-electron chi connectivity index (χ3n) is 4.92. The lowest BCUT2D eigenvalue weighted by Gasteiger charge is -2.41. The second kappa shape index (κ2) is 4.11. The van der Waals surface area contributed by atoms with Gasteiger partial charge in [0.25, 0.3) is 0 Å². The van der Waals surface area contributed by atoms with Gasteiger partial charge in [-0.2, -0.15) is 0 Å². The Morgan fingerprint density at radius 1 is 1.33 bits per heavy atom. The van der Waals surface area contributed by atoms with Crippen molar-refractivity contribution in [2.24, 2.45) is 5.41 Å². The molecule has 0 saturated heterocycles. The largest absolute Gasteiger partial charge is 0.462 e. The maximum absolute atomic E-state index is 11.2. The van der Waals surface area contributed by atoms with Gasteiger partial charge in [-0.05, 0) is 42.7 Å². The number of hydrogen-bond acceptors (Lipinski definition) is 2. The molecule has 0 heterocycles. The first-order valence-corrected chi connectivity index (χ1v) is 6.86. The third-order valence-corrected chi connectivity index (χ3v) is 4.92. The van der Waals surface area contributed by atoms with Gasteiger partial charge in [-0.3, -0.25) is 4.79 Å². The fourth-order valence-electron chi connectivity index (χ4n) is 3.95. The van der Waals surface area contributed by atoms with Crippen molar-refractivity contribution in [2.75, 3.05) is 0 Å². The summed E-state index contributed by atoms with van der Waals surface area (Å²) in [6.45, 7) is 3.82. The van der Waals surface area contributed by atoms with Crippen LogP contribution in [0.3, 0.4) is 0 Å². The quantitative estimate of drug-likeness (QED) is 0.707. The van der Waals surface area contributed by atoms with Gasteiger partial charge in [0.2, 0.25) is 0 Å². The molecule has 96 valence electrons. The van der Waals surface area contributed by atoms with Gasteiger partial charge < -0.3 is 4.74 Å². The summed E-state index contributed by atoms with van der Waals surface area (Å²) in [5, 5.41) is 0. The molecule has 2 heteroatoms. The average molecular weight is 244 g/mol. The van der Waals surface area contributed by atoms with Crippen LogP contribution in [-0.2, 0) is 16.0 Å². The van der Waals surface area contributed by atoms with Gasteiger partial charge in [0.05, 0.1) is 0 Å². The smallest absolute Gasteiger partial charge is 0.302 e. The Balaban J connectivity index is 1.95. The van der Waals surface area contributed by atoms with Gasteiger partial charge in [0.1, 0.15) is 6.10 Å². The average Bonchev–Trinajstić information content (AvgIpc) is 2.67. The Hall–Kier alpha value is -1.31. The SMILES string of the molecule is CC(=O)O[C@H]1CC[C@H]2c3ccccc3CC[C@]12C. The number of benzene rings is 1. The highest BCUT2D eigenvalue weighted by atomic mass is 16.5. The van der Waals surface area contributed by atoms with Crippen molar-refractivity contribution in [3.05, 3.63) is 35.4 Å². The van der Waals surface area contributed by atoms with Crippen molar-refractivity contribution in [1.82, 2.24) is 0 Å². The van der Waals surface area contributed by atoms with Crippen LogP contribution in [0.2, 0.25) is 0 Å². The Morgan fingerprint density at radius 3 is 2.89 bits per heavy atom. The minimum Gasteiger partial charge on any atom is -0.462 e. The van der Waals surface area contributed by atoms with Crippen molar-refractivity contribution in [1.29, 1.82) is 0 Å². The van der Waals surface area contributed by atoms with Crippen LogP contribution in [0.1, 0.15) is 50.2 Å². The molecule has 1 aromatic carbocycles. The molecule has 0 bridgehead atoms. The standard InChI is InChI=1S/C16H20O2/c1-11(17)18-15-8-7-14-13-6-4-3-5-12(13)9-10-16(14,15)2/h3-6,14-15H,7-10H2,1-2H3/t14-,15-,16-/m0/s1. The Morgan fingerprint density at radius 2 is 2.11 bits per heavy atom. The number of aryl methyl sites for hydroxylation is 1. The Bertz CT molecular complexity index is 480. The molecule has 0 spiro atoms. The molecule has 2 nitrogen and oxygen atoms in total. The Kier molecular flexibility index (Phi) is 2.69. The maximum atomic E-state index is 11.2. The molecule has 0 unspecified atom stereocenters. The molecule has 2 aliphatic rings. The van der Waals surface area contributed by atoms with Gasteiger partial charge in [0.15, 0.2) is 0 Å². The van der Waals surface area contributed by atoms with Gasteiger partial charge in [-0.15, -0.1) is 0 Å². The third kappa shape index (κ3) is 1.66. The van der Waals surface area contributed by atoms with E-state index in [9.17, 15) is 4.79 Å². The van der Waals surface area contributed by atoms with E-state index in [1.54, 1.807) is 0 Å². The number of carbonyl (C=O) groups is 1. The molecule has 2 aliphatic carbocycles. The fraction of sp³-hybridized carbons (Fsp3) is 0.562. The van der Waals surface area contributed by atoms with Gasteiger partial charge >= 0.3 is 5.97 Å². The van der Waals surface area contributed by atoms with E-state index < -0.39 is 0 Å². The summed E-state index contributed by atoms with van der Waals surface area (Å²) in [7, 11) is 0. The number of ether oxygens (including phenoxy) is 1. The zero-order valence-electron chi connectivity index (χ0n) is 11.1. The predicted octanol–water partition coefficient (Wildman–Crippen LogP) is 3.45. The highest BCUT2D eigenvalue weighted by Gasteiger charge is 2.51. The number of rotatable bonds is 1. The number of esters is 1. The summed E-state index contributed by atoms with van der Waals surface area (Å²) in [5.41, 5.74) is 3.12. The van der Waals surface area contributed by atoms with E-state index in [4.69, 9.17) is 4.74 Å². The summed E-state index contributed by atoms with van der Waals surface area (Å²) in [5.74, 6) is 0.424. The first-order chi connectivity index (χ1) is 8.61. The van der Waals surface area contributed by atoms with E-state index in [1.165, 1.54) is 18.1 Å². The maximum Gasteiger partial charge on any atom is 0.302 e. The van der Waals surface area contributed by atoms with Crippen LogP contribution >= 0.6 is 0 Å². The van der Waals surface area contributed by atoms with Crippen LogP contribution in [0.5, 0.6) is 0 Å². The van der Waals surface area contributed by atoms with Crippen molar-refractivity contribution in [2.45, 2.75) is 51.6 Å². The number of fused-ring (bicyclic) bond motifs is 3. The van der Waals surface area contributed by atoms with Gasteiger partial charge in [0, 0.05) is 12.3 Å². The van der Waals surface area contributed by atoms with E-state index >= 15 is 0 Å². The van der Waals surface area contributed by atoms with Crippen LogP contribution in [0, 0.1) is 5.41 Å². The minimum absolute atomic E-state index is 0.105. The number of carbonyl (C=O) groups excluding carboxylic acids is 1. The summed E-state index contributed by atoms with van der Waals surface area (Å²) in [4.78, 5) is 11.2. The highest BCUT2D eigenvalue weighted by molar-refractivity contribution is 5.66. The summed E-state index contributed by atoms with van der Waals surface area (Å²) >= 11 is 0. The molecule has 0 amide bonds. The zero-order chi connectivity index (χ0) is 12.8. The van der Waals surface area contributed by atoms with Crippen LogP contribution in [-0.4, -0.2) is 12.1 Å². The normalized spacial score (nSPS) is 33.7. The van der Waals surface area contributed by atoms with Crippen LogP contribution in [0.4, 0.5) is 0 Å². The molecule has 0 radical (unpaired) electrons. The monoisotopic (exact) mass is 244 g/mol. The predicted molar refractivity (Wildman–Crippen MR) is 70.4 cm³/mol. The van der Waals surface area contributed by atoms with Crippen molar-refractivity contribution >= 4 is 5.97 Å². The fourth-order valence-corrected chi connectivity index (χ4v) is 3.95. The lowest BCUT2D eigenvalue weighted by molar-refractivity contribution is -0.152. The van der Waals surface area contributed by atoms with E-state index in [-0.39, 0.29) is 17.5 Å². The molecular formula is C16H20O2. The second-order valence-corrected chi connectivity index (χ2v) is 5.93. The molecule has 0 N–H and O–H groups in total. The molecule has 0 aliphatic heterocycles. The van der Waals surface area contributed by atoms with E-state index in [0.29, 0.717) is 5.92 Å². The molecule has 1 saturated carbocycles. The first-order valence-electron chi connectivity index (χ1n) is 6.86. The van der Waals surface area contributed by atoms with Gasteiger partial charge in [-0.25, -0.2) is 0 Å². The topological polar surface area (TPSA) is 26.3 Å². The van der Waals surface area contributed by atoms with Crippen molar-refractivity contribution < 1.29 is 9.53 Å². The molecule has 1 aromatic rings. The van der Waals surface area contributed by atoms with Crippen LogP contribution in [0.25, 0.3) is 0 Å².